The molecular formula is C17H24N4O3S2. The van der Waals surface area contributed by atoms with Gasteiger partial charge in [0.15, 0.2) is 5.16 Å². The minimum absolute atomic E-state index is 0.181. The third-order valence-corrected chi connectivity index (χ3v) is 5.48. The molecule has 0 aromatic carbocycles. The molecule has 0 aliphatic carbocycles. The third kappa shape index (κ3) is 4.64. The van der Waals surface area contributed by atoms with Crippen LogP contribution in [0.4, 0.5) is 5.00 Å². The monoisotopic (exact) mass is 396 g/mol. The average molecular weight is 397 g/mol. The van der Waals surface area contributed by atoms with Crippen molar-refractivity contribution in [1.29, 1.82) is 0 Å². The fourth-order valence-corrected chi connectivity index (χ4v) is 4.22. The molecule has 0 fully saturated rings. The summed E-state index contributed by atoms with van der Waals surface area (Å²) in [6.45, 7) is 10.1. The van der Waals surface area contributed by atoms with E-state index in [2.05, 4.69) is 47.8 Å². The van der Waals surface area contributed by atoms with Gasteiger partial charge in [0.1, 0.15) is 10.8 Å². The van der Waals surface area contributed by atoms with Gasteiger partial charge >= 0.3 is 5.97 Å². The second-order valence-electron chi connectivity index (χ2n) is 6.39. The number of aromatic nitrogens is 3. The number of ether oxygens (including phenoxy) is 1. The Morgan fingerprint density at radius 2 is 2.00 bits per heavy atom. The van der Waals surface area contributed by atoms with E-state index in [0.717, 1.165) is 15.9 Å². The summed E-state index contributed by atoms with van der Waals surface area (Å²) in [6.07, 6.45) is 0. The minimum atomic E-state index is -0.460. The molecule has 2 aromatic rings. The van der Waals surface area contributed by atoms with Crippen molar-refractivity contribution in [3.05, 3.63) is 22.3 Å². The Hall–Kier alpha value is -1.87. The normalized spacial score (nSPS) is 11.2. The lowest BCUT2D eigenvalue weighted by atomic mass is 10.2. The maximum atomic E-state index is 12.3. The fourth-order valence-electron chi connectivity index (χ4n) is 2.43. The first-order valence-electron chi connectivity index (χ1n) is 8.30. The number of amides is 1. The Morgan fingerprint density at radius 1 is 1.31 bits per heavy atom. The van der Waals surface area contributed by atoms with Crippen LogP contribution in [0.2, 0.25) is 0 Å². The Kier molecular flexibility index (Phi) is 6.82. The predicted octanol–water partition coefficient (Wildman–Crippen LogP) is 3.87. The van der Waals surface area contributed by atoms with E-state index in [-0.39, 0.29) is 23.6 Å². The molecule has 0 saturated carbocycles. The first kappa shape index (κ1) is 20.4. The molecule has 0 aliphatic rings. The lowest BCUT2D eigenvalue weighted by Crippen LogP contribution is -2.16. The van der Waals surface area contributed by atoms with Gasteiger partial charge in [-0.15, -0.1) is 21.5 Å². The number of rotatable bonds is 7. The van der Waals surface area contributed by atoms with E-state index in [0.29, 0.717) is 10.6 Å². The first-order valence-corrected chi connectivity index (χ1v) is 10.1. The number of nitrogens with one attached hydrogen (secondary N) is 1. The number of carbonyl (C=O) groups is 2. The number of carbonyl (C=O) groups excluding carboxylic acids is 2. The van der Waals surface area contributed by atoms with Crippen molar-refractivity contribution in [1.82, 2.24) is 14.8 Å². The van der Waals surface area contributed by atoms with Crippen molar-refractivity contribution < 1.29 is 14.3 Å². The fraction of sp³-hybridized carbons (Fsp3) is 0.529. The SMILES string of the molecule is COC(=O)c1cc(C)sc1NC(=O)CSc1nnc(C(C)C)n1C(C)C. The van der Waals surface area contributed by atoms with Crippen LogP contribution in [-0.2, 0) is 9.53 Å². The van der Waals surface area contributed by atoms with Crippen LogP contribution in [0.25, 0.3) is 0 Å². The highest BCUT2D eigenvalue weighted by Gasteiger charge is 2.20. The van der Waals surface area contributed by atoms with E-state index in [1.807, 2.05) is 6.92 Å². The van der Waals surface area contributed by atoms with E-state index in [1.54, 1.807) is 6.07 Å². The van der Waals surface area contributed by atoms with Gasteiger partial charge in [-0.1, -0.05) is 25.6 Å². The zero-order chi connectivity index (χ0) is 19.4. The Bertz CT molecular complexity index is 796. The lowest BCUT2D eigenvalue weighted by molar-refractivity contribution is -0.113. The predicted molar refractivity (Wildman–Crippen MR) is 104 cm³/mol. The molecule has 26 heavy (non-hydrogen) atoms. The van der Waals surface area contributed by atoms with Gasteiger partial charge in [-0.25, -0.2) is 4.79 Å². The quantitative estimate of drug-likeness (QED) is 0.565. The number of hydrogen-bond donors (Lipinski definition) is 1. The number of thioether (sulfide) groups is 1. The molecular weight excluding hydrogens is 372 g/mol. The molecule has 7 nitrogen and oxygen atoms in total. The maximum absolute atomic E-state index is 12.3. The van der Waals surface area contributed by atoms with E-state index in [9.17, 15) is 9.59 Å². The molecule has 0 unspecified atom stereocenters. The van der Waals surface area contributed by atoms with Crippen LogP contribution in [-0.4, -0.2) is 39.5 Å². The second-order valence-corrected chi connectivity index (χ2v) is 8.59. The number of hydrogen-bond acceptors (Lipinski definition) is 7. The summed E-state index contributed by atoms with van der Waals surface area (Å²) in [7, 11) is 1.32. The van der Waals surface area contributed by atoms with Gasteiger partial charge in [0.25, 0.3) is 0 Å². The van der Waals surface area contributed by atoms with E-state index < -0.39 is 5.97 Å². The van der Waals surface area contributed by atoms with E-state index >= 15 is 0 Å². The molecule has 0 saturated heterocycles. The number of aryl methyl sites for hydroxylation is 1. The van der Waals surface area contributed by atoms with Gasteiger partial charge in [-0.2, -0.15) is 0 Å². The highest BCUT2D eigenvalue weighted by atomic mass is 32.2. The maximum Gasteiger partial charge on any atom is 0.340 e. The van der Waals surface area contributed by atoms with E-state index in [1.165, 1.54) is 30.2 Å². The van der Waals surface area contributed by atoms with Gasteiger partial charge in [0.05, 0.1) is 18.4 Å². The zero-order valence-electron chi connectivity index (χ0n) is 15.8. The van der Waals surface area contributed by atoms with Crippen molar-refractivity contribution in [2.75, 3.05) is 18.2 Å². The van der Waals surface area contributed by atoms with Crippen molar-refractivity contribution in [3.8, 4) is 0 Å². The lowest BCUT2D eigenvalue weighted by Gasteiger charge is -2.15. The average Bonchev–Trinajstić information content (AvgIpc) is 3.15. The highest BCUT2D eigenvalue weighted by molar-refractivity contribution is 7.99. The van der Waals surface area contributed by atoms with Gasteiger partial charge in [-0.05, 0) is 26.8 Å². The van der Waals surface area contributed by atoms with E-state index in [4.69, 9.17) is 4.74 Å². The molecule has 0 bridgehead atoms. The smallest absolute Gasteiger partial charge is 0.340 e. The van der Waals surface area contributed by atoms with Crippen molar-refractivity contribution in [3.63, 3.8) is 0 Å². The van der Waals surface area contributed by atoms with Crippen LogP contribution in [0.5, 0.6) is 0 Å². The van der Waals surface area contributed by atoms with Crippen molar-refractivity contribution in [2.24, 2.45) is 0 Å². The standard InChI is InChI=1S/C17H24N4O3S2/c1-9(2)14-19-20-17(21(14)10(3)4)25-8-13(22)18-15-12(16(23)24-6)7-11(5)26-15/h7,9-10H,8H2,1-6H3,(H,18,22). The first-order chi connectivity index (χ1) is 12.2. The Morgan fingerprint density at radius 3 is 2.58 bits per heavy atom. The molecule has 0 radical (unpaired) electrons. The van der Waals surface area contributed by atoms with Gasteiger partial charge in [-0.3, -0.25) is 4.79 Å². The molecule has 1 N–H and O–H groups in total. The molecule has 0 atom stereocenters. The largest absolute Gasteiger partial charge is 0.465 e. The second kappa shape index (κ2) is 8.68. The van der Waals surface area contributed by atoms with Crippen LogP contribution in [0.3, 0.4) is 0 Å². The summed E-state index contributed by atoms with van der Waals surface area (Å²) >= 11 is 2.68. The summed E-state index contributed by atoms with van der Waals surface area (Å²) in [4.78, 5) is 25.1. The van der Waals surface area contributed by atoms with Crippen LogP contribution >= 0.6 is 23.1 Å². The van der Waals surface area contributed by atoms with Crippen LogP contribution in [0.1, 0.15) is 60.7 Å². The van der Waals surface area contributed by atoms with Gasteiger partial charge in [0.2, 0.25) is 5.91 Å². The highest BCUT2D eigenvalue weighted by Crippen LogP contribution is 2.29. The molecule has 1 amide bonds. The number of esters is 1. The Labute approximate surface area is 161 Å². The number of nitrogens with zero attached hydrogens (tertiary/aromatic N) is 3. The van der Waals surface area contributed by atoms with Gasteiger partial charge in [0, 0.05) is 16.8 Å². The van der Waals surface area contributed by atoms with Gasteiger partial charge < -0.3 is 14.6 Å². The molecule has 2 heterocycles. The third-order valence-electron chi connectivity index (χ3n) is 3.57. The van der Waals surface area contributed by atoms with Crippen molar-refractivity contribution >= 4 is 40.0 Å². The summed E-state index contributed by atoms with van der Waals surface area (Å²) < 4.78 is 6.81. The van der Waals surface area contributed by atoms with Crippen molar-refractivity contribution in [2.45, 2.75) is 51.7 Å². The Balaban J connectivity index is 2.08. The molecule has 2 rings (SSSR count). The minimum Gasteiger partial charge on any atom is -0.465 e. The van der Waals surface area contributed by atoms with Crippen LogP contribution in [0.15, 0.2) is 11.2 Å². The zero-order valence-corrected chi connectivity index (χ0v) is 17.5. The molecule has 142 valence electrons. The molecule has 9 heteroatoms. The summed E-state index contributed by atoms with van der Waals surface area (Å²) in [6, 6.07) is 1.92. The number of anilines is 1. The summed E-state index contributed by atoms with van der Waals surface area (Å²) in [5.74, 6) is 0.680. The number of methoxy groups -OCH3 is 1. The van der Waals surface area contributed by atoms with Crippen LogP contribution < -0.4 is 5.32 Å². The molecule has 0 spiro atoms. The molecule has 2 aromatic heterocycles. The summed E-state index contributed by atoms with van der Waals surface area (Å²) in [5, 5.41) is 12.5. The number of thiophene rings is 1. The molecule has 0 aliphatic heterocycles. The topological polar surface area (TPSA) is 86.1 Å². The van der Waals surface area contributed by atoms with Crippen LogP contribution in [0, 0.1) is 6.92 Å². The summed E-state index contributed by atoms with van der Waals surface area (Å²) in [5.41, 5.74) is 0.376.